The van der Waals surface area contributed by atoms with Crippen LogP contribution in [0, 0.1) is 28.5 Å². The van der Waals surface area contributed by atoms with E-state index in [1.807, 2.05) is 18.1 Å². The monoisotopic (exact) mass is 595 g/mol. The van der Waals surface area contributed by atoms with E-state index in [2.05, 4.69) is 21.9 Å². The van der Waals surface area contributed by atoms with Gasteiger partial charge in [0, 0.05) is 61.9 Å². The number of pyridine rings is 2. The molecule has 4 aliphatic rings. The predicted molar refractivity (Wildman–Crippen MR) is 162 cm³/mol. The number of fused-ring (bicyclic) bond motifs is 2. The fraction of sp³-hybridized carbons (Fsp3) is 0.406. The molecule has 3 aliphatic heterocycles. The van der Waals surface area contributed by atoms with Crippen molar-refractivity contribution in [2.45, 2.75) is 25.7 Å². The summed E-state index contributed by atoms with van der Waals surface area (Å²) in [6, 6.07) is 10.6. The third kappa shape index (κ3) is 4.34. The standard InChI is InChI=1S/C32H30FN7O2S/c1-38(31-37-27(26(12-34)43-31)19-5-7-21(33)8-6-19)28-23-3-2-4-25(23)36-29-24(28)11-22(13-35-29)39-15-32(16-39)17-40(18-32)30(41)20-9-10-42-14-20/h5-8,11,13,20H,2-4,9-10,14-18H2,1H3/t20-/m0/s1. The number of halogens is 1. The van der Waals surface area contributed by atoms with Crippen LogP contribution < -0.4 is 9.80 Å². The lowest BCUT2D eigenvalue weighted by atomic mass is 9.72. The zero-order valence-electron chi connectivity index (χ0n) is 23.8. The second-order valence-corrected chi connectivity index (χ2v) is 13.2. The Kier molecular flexibility index (Phi) is 6.14. The van der Waals surface area contributed by atoms with Crippen LogP contribution in [0.5, 0.6) is 0 Å². The fourth-order valence-corrected chi connectivity index (χ4v) is 8.00. The van der Waals surface area contributed by atoms with Gasteiger partial charge in [-0.05, 0) is 61.6 Å². The lowest BCUT2D eigenvalue weighted by Crippen LogP contribution is -2.73. The van der Waals surface area contributed by atoms with E-state index in [4.69, 9.17) is 19.7 Å². The molecule has 1 atom stereocenters. The number of hydrogen-bond donors (Lipinski definition) is 0. The molecule has 0 saturated carbocycles. The summed E-state index contributed by atoms with van der Waals surface area (Å²) >= 11 is 1.33. The molecule has 1 aromatic carbocycles. The summed E-state index contributed by atoms with van der Waals surface area (Å²) in [5, 5.41) is 11.6. The Morgan fingerprint density at radius 3 is 2.74 bits per heavy atom. The number of aromatic nitrogens is 3. The quantitative estimate of drug-likeness (QED) is 0.327. The maximum Gasteiger partial charge on any atom is 0.228 e. The summed E-state index contributed by atoms with van der Waals surface area (Å²) in [6.07, 6.45) is 5.61. The Morgan fingerprint density at radius 1 is 1.19 bits per heavy atom. The molecule has 3 fully saturated rings. The van der Waals surface area contributed by atoms with Crippen molar-refractivity contribution in [3.8, 4) is 17.3 Å². The zero-order valence-corrected chi connectivity index (χ0v) is 24.7. The third-order valence-corrected chi connectivity index (χ3v) is 10.4. The van der Waals surface area contributed by atoms with E-state index in [1.165, 1.54) is 29.0 Å². The van der Waals surface area contributed by atoms with Crippen LogP contribution in [0.15, 0.2) is 36.5 Å². The Morgan fingerprint density at radius 2 is 2.00 bits per heavy atom. The highest BCUT2D eigenvalue weighted by Gasteiger charge is 2.54. The summed E-state index contributed by atoms with van der Waals surface area (Å²) in [5.41, 5.74) is 6.48. The van der Waals surface area contributed by atoms with Gasteiger partial charge in [-0.25, -0.2) is 19.3 Å². The van der Waals surface area contributed by atoms with Crippen LogP contribution in [0.2, 0.25) is 0 Å². The number of anilines is 3. The topological polar surface area (TPSA) is 98.5 Å². The average molecular weight is 596 g/mol. The second-order valence-electron chi connectivity index (χ2n) is 12.3. The Bertz CT molecular complexity index is 1800. The number of rotatable bonds is 5. The summed E-state index contributed by atoms with van der Waals surface area (Å²) in [7, 11) is 1.99. The molecular weight excluding hydrogens is 565 g/mol. The maximum absolute atomic E-state index is 13.6. The maximum atomic E-state index is 13.6. The second kappa shape index (κ2) is 9.96. The number of nitrogens with zero attached hydrogens (tertiary/aromatic N) is 7. The van der Waals surface area contributed by atoms with Crippen molar-refractivity contribution in [3.63, 3.8) is 0 Å². The fourth-order valence-electron chi connectivity index (χ4n) is 7.14. The number of carbonyl (C=O) groups is 1. The van der Waals surface area contributed by atoms with Gasteiger partial charge in [0.15, 0.2) is 10.8 Å². The molecule has 0 unspecified atom stereocenters. The molecule has 1 aliphatic carbocycles. The Balaban J connectivity index is 1.09. The van der Waals surface area contributed by atoms with Crippen LogP contribution in [0.3, 0.4) is 0 Å². The molecule has 11 heteroatoms. The SMILES string of the molecule is CN(c1nc(-c2ccc(F)cc2)c(C#N)s1)c1c2c(nc3ncc(N4CC5(CN(C(=O)[C@H]6CCOC6)C5)C4)cc13)CCC2. The van der Waals surface area contributed by atoms with Crippen molar-refractivity contribution in [1.82, 2.24) is 19.9 Å². The number of hydrogen-bond acceptors (Lipinski definition) is 9. The van der Waals surface area contributed by atoms with Crippen LogP contribution >= 0.6 is 11.3 Å². The van der Waals surface area contributed by atoms with Gasteiger partial charge in [0.05, 0.1) is 30.1 Å². The van der Waals surface area contributed by atoms with Gasteiger partial charge in [-0.2, -0.15) is 5.26 Å². The number of benzene rings is 1. The molecule has 218 valence electrons. The minimum atomic E-state index is -0.327. The first kappa shape index (κ1) is 26.5. The first-order valence-corrected chi connectivity index (χ1v) is 15.6. The van der Waals surface area contributed by atoms with Crippen molar-refractivity contribution in [2.24, 2.45) is 11.3 Å². The molecule has 43 heavy (non-hydrogen) atoms. The number of thiazole rings is 1. The van der Waals surface area contributed by atoms with Gasteiger partial charge in [0.1, 0.15) is 22.5 Å². The van der Waals surface area contributed by atoms with Crippen molar-refractivity contribution >= 4 is 44.8 Å². The van der Waals surface area contributed by atoms with Crippen LogP contribution in [-0.2, 0) is 22.4 Å². The van der Waals surface area contributed by atoms with Crippen LogP contribution in [-0.4, -0.2) is 72.2 Å². The number of amides is 1. The summed E-state index contributed by atoms with van der Waals surface area (Å²) in [4.78, 5) is 34.3. The van der Waals surface area contributed by atoms with Crippen LogP contribution in [0.25, 0.3) is 22.3 Å². The number of likely N-dealkylation sites (tertiary alicyclic amines) is 1. The van der Waals surface area contributed by atoms with Gasteiger partial charge in [-0.1, -0.05) is 11.3 Å². The predicted octanol–water partition coefficient (Wildman–Crippen LogP) is 4.71. The van der Waals surface area contributed by atoms with E-state index in [9.17, 15) is 14.4 Å². The first-order chi connectivity index (χ1) is 20.9. The molecule has 1 spiro atoms. The lowest BCUT2D eigenvalue weighted by molar-refractivity contribution is -0.149. The highest BCUT2D eigenvalue weighted by Crippen LogP contribution is 2.45. The molecule has 1 amide bonds. The molecule has 9 nitrogen and oxygen atoms in total. The van der Waals surface area contributed by atoms with E-state index in [0.29, 0.717) is 40.1 Å². The van der Waals surface area contributed by atoms with E-state index in [-0.39, 0.29) is 23.1 Å². The van der Waals surface area contributed by atoms with Gasteiger partial charge in [-0.3, -0.25) is 4.79 Å². The third-order valence-electron chi connectivity index (χ3n) is 9.34. The molecular formula is C32H30FN7O2S. The largest absolute Gasteiger partial charge is 0.381 e. The molecule has 6 heterocycles. The van der Waals surface area contributed by atoms with Gasteiger partial charge in [0.25, 0.3) is 0 Å². The Labute approximate surface area is 252 Å². The number of ether oxygens (including phenoxy) is 1. The number of nitriles is 1. The molecule has 8 rings (SSSR count). The van der Waals surface area contributed by atoms with Gasteiger partial charge >= 0.3 is 0 Å². The van der Waals surface area contributed by atoms with Gasteiger partial charge in [-0.15, -0.1) is 0 Å². The molecule has 3 aromatic heterocycles. The van der Waals surface area contributed by atoms with E-state index < -0.39 is 0 Å². The smallest absolute Gasteiger partial charge is 0.228 e. The molecule has 0 bridgehead atoms. The van der Waals surface area contributed by atoms with Crippen LogP contribution in [0.1, 0.15) is 29.0 Å². The van der Waals surface area contributed by atoms with Crippen molar-refractivity contribution in [1.29, 1.82) is 5.26 Å². The normalized spacial score (nSPS) is 20.2. The summed E-state index contributed by atoms with van der Waals surface area (Å²) in [5.74, 6) is -0.0602. The minimum Gasteiger partial charge on any atom is -0.381 e. The minimum absolute atomic E-state index is 0.0247. The molecule has 4 aromatic rings. The van der Waals surface area contributed by atoms with Crippen molar-refractivity contribution < 1.29 is 13.9 Å². The highest BCUT2D eigenvalue weighted by atomic mass is 32.1. The van der Waals surface area contributed by atoms with Gasteiger partial charge < -0.3 is 19.4 Å². The average Bonchev–Trinajstić information content (AvgIpc) is 3.75. The Hall–Kier alpha value is -4.14. The highest BCUT2D eigenvalue weighted by molar-refractivity contribution is 7.16. The molecule has 3 saturated heterocycles. The summed E-state index contributed by atoms with van der Waals surface area (Å²) in [6.45, 7) is 4.65. The van der Waals surface area contributed by atoms with E-state index in [1.54, 1.807) is 12.1 Å². The zero-order chi connectivity index (χ0) is 29.3. The van der Waals surface area contributed by atoms with Crippen molar-refractivity contribution in [3.05, 3.63) is 58.5 Å². The lowest BCUT2D eigenvalue weighted by Gasteiger charge is -2.61. The molecule has 0 radical (unpaired) electrons. The van der Waals surface area contributed by atoms with E-state index in [0.717, 1.165) is 74.3 Å². The van der Waals surface area contributed by atoms with Crippen LogP contribution in [0.4, 0.5) is 20.9 Å². The number of carbonyl (C=O) groups excluding carboxylic acids is 1. The van der Waals surface area contributed by atoms with Gasteiger partial charge in [0.2, 0.25) is 5.91 Å². The summed E-state index contributed by atoms with van der Waals surface area (Å²) < 4.78 is 19.0. The first-order valence-electron chi connectivity index (χ1n) is 14.7. The van der Waals surface area contributed by atoms with Crippen molar-refractivity contribution in [2.75, 3.05) is 56.2 Å². The van der Waals surface area contributed by atoms with E-state index >= 15 is 0 Å². The molecule has 0 N–H and O–H groups in total. The number of aryl methyl sites for hydroxylation is 1.